The van der Waals surface area contributed by atoms with Gasteiger partial charge in [-0.1, -0.05) is 0 Å². The van der Waals surface area contributed by atoms with E-state index in [1.54, 1.807) is 7.11 Å². The summed E-state index contributed by atoms with van der Waals surface area (Å²) in [7, 11) is 5.55. The number of aromatic nitrogens is 2. The number of hydrogen-bond donors (Lipinski definition) is 0. The quantitative estimate of drug-likeness (QED) is 0.697. The number of hydrogen-bond acceptors (Lipinski definition) is 4. The molecule has 4 heteroatoms. The Bertz CT molecular complexity index is 286. The minimum Gasteiger partial charge on any atom is -0.377 e. The molecule has 0 amide bonds. The standard InChI is InChI=1S/C9H15N3O/c1-7-5-9(12(2)3)11-8(10-7)6-13-4/h5H,6H2,1-4H3. The van der Waals surface area contributed by atoms with Crippen LogP contribution >= 0.6 is 0 Å². The van der Waals surface area contributed by atoms with Crippen molar-refractivity contribution in [2.75, 3.05) is 26.1 Å². The third kappa shape index (κ3) is 2.66. The summed E-state index contributed by atoms with van der Waals surface area (Å²) >= 11 is 0. The SMILES string of the molecule is COCc1nc(C)cc(N(C)C)n1. The van der Waals surface area contributed by atoms with Crippen LogP contribution in [0.25, 0.3) is 0 Å². The molecule has 72 valence electrons. The van der Waals surface area contributed by atoms with E-state index in [2.05, 4.69) is 9.97 Å². The van der Waals surface area contributed by atoms with Gasteiger partial charge in [-0.25, -0.2) is 9.97 Å². The van der Waals surface area contributed by atoms with Gasteiger partial charge in [-0.3, -0.25) is 0 Å². The van der Waals surface area contributed by atoms with Gasteiger partial charge in [0.25, 0.3) is 0 Å². The molecule has 1 aromatic heterocycles. The van der Waals surface area contributed by atoms with Gasteiger partial charge in [0.1, 0.15) is 12.4 Å². The first-order valence-corrected chi connectivity index (χ1v) is 4.14. The van der Waals surface area contributed by atoms with Crippen LogP contribution in [0.2, 0.25) is 0 Å². The minimum absolute atomic E-state index is 0.461. The highest BCUT2D eigenvalue weighted by Crippen LogP contribution is 2.09. The van der Waals surface area contributed by atoms with E-state index in [-0.39, 0.29) is 0 Å². The van der Waals surface area contributed by atoms with E-state index in [0.29, 0.717) is 6.61 Å². The van der Waals surface area contributed by atoms with Crippen LogP contribution < -0.4 is 4.90 Å². The first-order chi connectivity index (χ1) is 6.13. The largest absolute Gasteiger partial charge is 0.377 e. The lowest BCUT2D eigenvalue weighted by atomic mass is 10.4. The maximum absolute atomic E-state index is 4.97. The van der Waals surface area contributed by atoms with Crippen molar-refractivity contribution in [3.05, 3.63) is 17.6 Å². The highest BCUT2D eigenvalue weighted by Gasteiger charge is 2.02. The van der Waals surface area contributed by atoms with E-state index in [1.807, 2.05) is 32.0 Å². The molecule has 0 fully saturated rings. The molecular weight excluding hydrogens is 166 g/mol. The molecule has 0 aliphatic carbocycles. The zero-order valence-corrected chi connectivity index (χ0v) is 8.53. The molecule has 0 saturated carbocycles. The van der Waals surface area contributed by atoms with Gasteiger partial charge in [-0.05, 0) is 6.92 Å². The monoisotopic (exact) mass is 181 g/mol. The smallest absolute Gasteiger partial charge is 0.156 e. The molecule has 13 heavy (non-hydrogen) atoms. The fourth-order valence-corrected chi connectivity index (χ4v) is 1.03. The average molecular weight is 181 g/mol. The molecule has 0 atom stereocenters. The predicted octanol–water partition coefficient (Wildman–Crippen LogP) is 0.997. The molecule has 0 unspecified atom stereocenters. The van der Waals surface area contributed by atoms with E-state index < -0.39 is 0 Å². The van der Waals surface area contributed by atoms with Crippen molar-refractivity contribution in [1.29, 1.82) is 0 Å². The molecule has 4 nitrogen and oxygen atoms in total. The minimum atomic E-state index is 0.461. The third-order valence-electron chi connectivity index (χ3n) is 1.62. The summed E-state index contributed by atoms with van der Waals surface area (Å²) in [5.41, 5.74) is 0.964. The molecule has 0 aliphatic rings. The van der Waals surface area contributed by atoms with E-state index in [1.165, 1.54) is 0 Å². The fraction of sp³-hybridized carbons (Fsp3) is 0.556. The molecule has 1 heterocycles. The topological polar surface area (TPSA) is 38.2 Å². The maximum atomic E-state index is 4.97. The van der Waals surface area contributed by atoms with Crippen LogP contribution in [0.3, 0.4) is 0 Å². The second-order valence-corrected chi connectivity index (χ2v) is 3.11. The Labute approximate surface area is 78.6 Å². The summed E-state index contributed by atoms with van der Waals surface area (Å²) in [5, 5.41) is 0. The molecule has 1 aromatic rings. The lowest BCUT2D eigenvalue weighted by molar-refractivity contribution is 0.177. The zero-order valence-electron chi connectivity index (χ0n) is 8.53. The normalized spacial score (nSPS) is 10.2. The maximum Gasteiger partial charge on any atom is 0.156 e. The molecule has 1 rings (SSSR count). The van der Waals surface area contributed by atoms with Gasteiger partial charge >= 0.3 is 0 Å². The molecular formula is C9H15N3O. The first kappa shape index (κ1) is 9.92. The van der Waals surface area contributed by atoms with Gasteiger partial charge < -0.3 is 9.64 Å². The van der Waals surface area contributed by atoms with Crippen LogP contribution in [0.5, 0.6) is 0 Å². The van der Waals surface area contributed by atoms with Gasteiger partial charge in [0, 0.05) is 33.0 Å². The molecule has 0 N–H and O–H groups in total. The summed E-state index contributed by atoms with van der Waals surface area (Å²) in [6.45, 7) is 2.41. The number of rotatable bonds is 3. The average Bonchev–Trinajstić information content (AvgIpc) is 2.03. The van der Waals surface area contributed by atoms with E-state index >= 15 is 0 Å². The van der Waals surface area contributed by atoms with Crippen molar-refractivity contribution in [2.45, 2.75) is 13.5 Å². The first-order valence-electron chi connectivity index (χ1n) is 4.14. The lowest BCUT2D eigenvalue weighted by Gasteiger charge is -2.12. The predicted molar refractivity (Wildman–Crippen MR) is 51.8 cm³/mol. The van der Waals surface area contributed by atoms with Crippen molar-refractivity contribution in [3.8, 4) is 0 Å². The zero-order chi connectivity index (χ0) is 9.84. The van der Waals surface area contributed by atoms with Gasteiger partial charge in [0.15, 0.2) is 5.82 Å². The van der Waals surface area contributed by atoms with Crippen LogP contribution in [-0.2, 0) is 11.3 Å². The Kier molecular flexibility index (Phi) is 3.19. The fourth-order valence-electron chi connectivity index (χ4n) is 1.03. The van der Waals surface area contributed by atoms with Crippen LogP contribution in [-0.4, -0.2) is 31.2 Å². The van der Waals surface area contributed by atoms with E-state index in [9.17, 15) is 0 Å². The molecule has 0 radical (unpaired) electrons. The summed E-state index contributed by atoms with van der Waals surface area (Å²) in [4.78, 5) is 10.5. The third-order valence-corrected chi connectivity index (χ3v) is 1.62. The Morgan fingerprint density at radius 1 is 1.38 bits per heavy atom. The number of methoxy groups -OCH3 is 1. The summed E-state index contributed by atoms with van der Waals surface area (Å²) in [6, 6.07) is 1.94. The van der Waals surface area contributed by atoms with Crippen molar-refractivity contribution in [3.63, 3.8) is 0 Å². The van der Waals surface area contributed by atoms with Gasteiger partial charge in [-0.15, -0.1) is 0 Å². The highest BCUT2D eigenvalue weighted by molar-refractivity contribution is 5.37. The van der Waals surface area contributed by atoms with Gasteiger partial charge in [-0.2, -0.15) is 0 Å². The van der Waals surface area contributed by atoms with Crippen LogP contribution in [0, 0.1) is 6.92 Å². The molecule has 0 aliphatic heterocycles. The van der Waals surface area contributed by atoms with Crippen molar-refractivity contribution < 1.29 is 4.74 Å². The lowest BCUT2D eigenvalue weighted by Crippen LogP contribution is -2.13. The van der Waals surface area contributed by atoms with Crippen molar-refractivity contribution in [1.82, 2.24) is 9.97 Å². The number of anilines is 1. The van der Waals surface area contributed by atoms with E-state index in [4.69, 9.17) is 4.74 Å². The Balaban J connectivity index is 2.96. The van der Waals surface area contributed by atoms with Crippen LogP contribution in [0.4, 0.5) is 5.82 Å². The number of ether oxygens (including phenoxy) is 1. The van der Waals surface area contributed by atoms with Crippen molar-refractivity contribution >= 4 is 5.82 Å². The summed E-state index contributed by atoms with van der Waals surface area (Å²) < 4.78 is 4.97. The van der Waals surface area contributed by atoms with E-state index in [0.717, 1.165) is 17.3 Å². The highest BCUT2D eigenvalue weighted by atomic mass is 16.5. The summed E-state index contributed by atoms with van der Waals surface area (Å²) in [6.07, 6.45) is 0. The second-order valence-electron chi connectivity index (χ2n) is 3.11. The summed E-state index contributed by atoms with van der Waals surface area (Å²) in [5.74, 6) is 1.64. The van der Waals surface area contributed by atoms with Gasteiger partial charge in [0.2, 0.25) is 0 Å². The number of nitrogens with zero attached hydrogens (tertiary/aromatic N) is 3. The molecule has 0 aromatic carbocycles. The van der Waals surface area contributed by atoms with Crippen LogP contribution in [0.15, 0.2) is 6.07 Å². The molecule has 0 saturated heterocycles. The molecule has 0 spiro atoms. The van der Waals surface area contributed by atoms with Crippen LogP contribution in [0.1, 0.15) is 11.5 Å². The Morgan fingerprint density at radius 2 is 2.08 bits per heavy atom. The Hall–Kier alpha value is -1.16. The molecule has 0 bridgehead atoms. The second kappa shape index (κ2) is 4.18. The van der Waals surface area contributed by atoms with Gasteiger partial charge in [0.05, 0.1) is 0 Å². The number of aryl methyl sites for hydroxylation is 1. The Morgan fingerprint density at radius 3 is 2.62 bits per heavy atom. The van der Waals surface area contributed by atoms with Crippen molar-refractivity contribution in [2.24, 2.45) is 0 Å².